The molecule has 10 heteroatoms. The average Bonchev–Trinajstić information content (AvgIpc) is 3.43. The van der Waals surface area contributed by atoms with E-state index in [0.29, 0.717) is 33.7 Å². The van der Waals surface area contributed by atoms with Crippen LogP contribution in [0.5, 0.6) is 5.19 Å². The molecular formula is C26H32F2N4O3S. The first-order valence-corrected chi connectivity index (χ1v) is 13.4. The van der Waals surface area contributed by atoms with Gasteiger partial charge < -0.3 is 14.5 Å². The lowest BCUT2D eigenvalue weighted by molar-refractivity contribution is -0.0230. The normalized spacial score (nSPS) is 20.9. The molecule has 3 aromatic rings. The maximum Gasteiger partial charge on any atom is 0.278 e. The van der Waals surface area contributed by atoms with Crippen LogP contribution in [0.4, 0.5) is 8.78 Å². The van der Waals surface area contributed by atoms with Crippen molar-refractivity contribution in [3.05, 3.63) is 40.2 Å². The van der Waals surface area contributed by atoms with Gasteiger partial charge in [0.1, 0.15) is 5.52 Å². The molecule has 194 valence electrons. The summed E-state index contributed by atoms with van der Waals surface area (Å²) in [6.45, 7) is 4.69. The molecule has 2 aromatic heterocycles. The topological polar surface area (TPSA) is 80.5 Å². The van der Waals surface area contributed by atoms with Gasteiger partial charge >= 0.3 is 0 Å². The quantitative estimate of drug-likeness (QED) is 0.432. The lowest BCUT2D eigenvalue weighted by Crippen LogP contribution is -2.38. The Morgan fingerprint density at radius 1 is 1.28 bits per heavy atom. The standard InChI is InChI=1S/C26H32F2N4O3S/c1-16-29-20-5-3-4-19(23(20)35-16)24(33)30-18-8-6-17(7-9-18)10-12-32-13-11-22-21(14-32)31-25(36-22)34-15-26(2,27)28/h3-5,17-18H,6-15H2,1-2H3,(H,30,33)/t17-,18-. The second-order valence-corrected chi connectivity index (χ2v) is 11.1. The molecule has 0 atom stereocenters. The van der Waals surface area contributed by atoms with E-state index >= 15 is 0 Å². The van der Waals surface area contributed by atoms with Crippen molar-refractivity contribution < 1.29 is 22.7 Å². The molecule has 0 unspecified atom stereocenters. The monoisotopic (exact) mass is 518 g/mol. The van der Waals surface area contributed by atoms with E-state index in [-0.39, 0.29) is 11.9 Å². The molecule has 0 spiro atoms. The smallest absolute Gasteiger partial charge is 0.278 e. The summed E-state index contributed by atoms with van der Waals surface area (Å²) in [6, 6.07) is 5.65. The van der Waals surface area contributed by atoms with Gasteiger partial charge in [-0.25, -0.2) is 18.7 Å². The second kappa shape index (κ2) is 10.4. The number of thiazole rings is 1. The number of oxazole rings is 1. The third-order valence-electron chi connectivity index (χ3n) is 7.04. The Kier molecular flexibility index (Phi) is 7.25. The lowest BCUT2D eigenvalue weighted by Gasteiger charge is -2.32. The van der Waals surface area contributed by atoms with Crippen LogP contribution in [0, 0.1) is 12.8 Å². The van der Waals surface area contributed by atoms with Crippen molar-refractivity contribution in [2.45, 2.75) is 70.9 Å². The number of benzene rings is 1. The summed E-state index contributed by atoms with van der Waals surface area (Å²) in [5.41, 5.74) is 2.76. The molecule has 3 heterocycles. The largest absolute Gasteiger partial charge is 0.464 e. The maximum atomic E-state index is 13.1. The maximum absolute atomic E-state index is 13.1. The zero-order valence-electron chi connectivity index (χ0n) is 20.7. The molecule has 7 nitrogen and oxygen atoms in total. The molecule has 1 aliphatic carbocycles. The number of nitrogens with one attached hydrogen (secondary N) is 1. The third-order valence-corrected chi connectivity index (χ3v) is 8.11. The summed E-state index contributed by atoms with van der Waals surface area (Å²) in [7, 11) is 0. The molecule has 1 fully saturated rings. The number of hydrogen-bond donors (Lipinski definition) is 1. The highest BCUT2D eigenvalue weighted by Crippen LogP contribution is 2.32. The average molecular weight is 519 g/mol. The van der Waals surface area contributed by atoms with Crippen molar-refractivity contribution in [2.75, 3.05) is 19.7 Å². The zero-order valence-corrected chi connectivity index (χ0v) is 21.5. The number of fused-ring (bicyclic) bond motifs is 2. The highest BCUT2D eigenvalue weighted by molar-refractivity contribution is 7.13. The van der Waals surface area contributed by atoms with Crippen LogP contribution in [0.25, 0.3) is 11.1 Å². The lowest BCUT2D eigenvalue weighted by atomic mass is 9.84. The summed E-state index contributed by atoms with van der Waals surface area (Å²) >= 11 is 1.39. The number of hydrogen-bond acceptors (Lipinski definition) is 7. The Bertz CT molecular complexity index is 1210. The van der Waals surface area contributed by atoms with Crippen LogP contribution >= 0.6 is 11.3 Å². The van der Waals surface area contributed by atoms with E-state index in [4.69, 9.17) is 9.15 Å². The van der Waals surface area contributed by atoms with Crippen LogP contribution in [0.2, 0.25) is 0 Å². The van der Waals surface area contributed by atoms with E-state index in [2.05, 4.69) is 20.2 Å². The molecule has 1 amide bonds. The highest BCUT2D eigenvalue weighted by atomic mass is 32.1. The first-order valence-electron chi connectivity index (χ1n) is 12.6. The highest BCUT2D eigenvalue weighted by Gasteiger charge is 2.27. The number of para-hydroxylation sites is 1. The van der Waals surface area contributed by atoms with Crippen LogP contribution in [0.3, 0.4) is 0 Å². The Labute approximate surface area is 213 Å². The predicted octanol–water partition coefficient (Wildman–Crippen LogP) is 5.36. The molecule has 1 saturated carbocycles. The van der Waals surface area contributed by atoms with Crippen LogP contribution in [0.1, 0.15) is 65.8 Å². The number of alkyl halides is 2. The predicted molar refractivity (Wildman–Crippen MR) is 134 cm³/mol. The summed E-state index contributed by atoms with van der Waals surface area (Å²) in [6.07, 6.45) is 6.13. The van der Waals surface area contributed by atoms with E-state index in [1.165, 1.54) is 11.3 Å². The van der Waals surface area contributed by atoms with Crippen LogP contribution in [0.15, 0.2) is 22.6 Å². The number of rotatable bonds is 8. The van der Waals surface area contributed by atoms with Crippen LogP contribution in [-0.2, 0) is 13.0 Å². The number of halogens is 2. The Balaban J connectivity index is 1.06. The summed E-state index contributed by atoms with van der Waals surface area (Å²) in [5.74, 6) is -1.76. The number of carbonyl (C=O) groups excluding carboxylic acids is 1. The van der Waals surface area contributed by atoms with Gasteiger partial charge in [-0.2, -0.15) is 0 Å². The molecule has 0 radical (unpaired) electrons. The number of aryl methyl sites for hydroxylation is 1. The number of ether oxygens (including phenoxy) is 1. The molecule has 0 saturated heterocycles. The minimum absolute atomic E-state index is 0.0985. The number of carbonyl (C=O) groups is 1. The van der Waals surface area contributed by atoms with Crippen molar-refractivity contribution in [3.63, 3.8) is 0 Å². The number of nitrogens with zero attached hydrogens (tertiary/aromatic N) is 3. The molecule has 1 aliphatic heterocycles. The van der Waals surface area contributed by atoms with Crippen molar-refractivity contribution in [3.8, 4) is 5.19 Å². The molecule has 2 aliphatic rings. The molecule has 36 heavy (non-hydrogen) atoms. The van der Waals surface area contributed by atoms with Crippen LogP contribution < -0.4 is 10.1 Å². The Morgan fingerprint density at radius 3 is 2.86 bits per heavy atom. The van der Waals surface area contributed by atoms with E-state index in [0.717, 1.165) is 75.7 Å². The van der Waals surface area contributed by atoms with Gasteiger partial charge in [0.15, 0.2) is 18.1 Å². The van der Waals surface area contributed by atoms with Gasteiger partial charge in [0, 0.05) is 37.9 Å². The van der Waals surface area contributed by atoms with Gasteiger partial charge in [-0.05, 0) is 63.1 Å². The van der Waals surface area contributed by atoms with Crippen LogP contribution in [-0.4, -0.2) is 52.4 Å². The van der Waals surface area contributed by atoms with Crippen molar-refractivity contribution in [1.29, 1.82) is 0 Å². The van der Waals surface area contributed by atoms with E-state index in [9.17, 15) is 13.6 Å². The van der Waals surface area contributed by atoms with Gasteiger partial charge in [0.25, 0.3) is 17.0 Å². The van der Waals surface area contributed by atoms with Gasteiger partial charge in [-0.3, -0.25) is 9.69 Å². The summed E-state index contributed by atoms with van der Waals surface area (Å²) < 4.78 is 37.0. The van der Waals surface area contributed by atoms with Crippen molar-refractivity contribution in [2.24, 2.45) is 5.92 Å². The number of aromatic nitrogens is 2. The van der Waals surface area contributed by atoms with Gasteiger partial charge in [-0.15, -0.1) is 0 Å². The SMILES string of the molecule is Cc1nc2cccc(C(=O)N[C@H]3CC[C@H](CCN4CCc5sc(OCC(C)(F)F)nc5C4)CC3)c2o1. The number of amides is 1. The van der Waals surface area contributed by atoms with Gasteiger partial charge in [0.05, 0.1) is 11.3 Å². The van der Waals surface area contributed by atoms with Gasteiger partial charge in [0.2, 0.25) is 0 Å². The van der Waals surface area contributed by atoms with Gasteiger partial charge in [-0.1, -0.05) is 17.4 Å². The fourth-order valence-electron chi connectivity index (χ4n) is 5.13. The Morgan fingerprint density at radius 2 is 2.08 bits per heavy atom. The van der Waals surface area contributed by atoms with E-state index < -0.39 is 12.5 Å². The van der Waals surface area contributed by atoms with Crippen molar-refractivity contribution >= 4 is 28.3 Å². The first-order chi connectivity index (χ1) is 17.2. The second-order valence-electron chi connectivity index (χ2n) is 10.1. The molecular weight excluding hydrogens is 486 g/mol. The minimum Gasteiger partial charge on any atom is -0.464 e. The molecule has 1 aromatic carbocycles. The van der Waals surface area contributed by atoms with E-state index in [1.54, 1.807) is 13.0 Å². The first kappa shape index (κ1) is 25.1. The summed E-state index contributed by atoms with van der Waals surface area (Å²) in [5, 5.41) is 3.54. The molecule has 0 bridgehead atoms. The fraction of sp³-hybridized carbons (Fsp3) is 0.577. The van der Waals surface area contributed by atoms with Crippen molar-refractivity contribution in [1.82, 2.24) is 20.2 Å². The zero-order chi connectivity index (χ0) is 25.3. The minimum atomic E-state index is -2.86. The summed E-state index contributed by atoms with van der Waals surface area (Å²) in [4.78, 5) is 25.2. The fourth-order valence-corrected chi connectivity index (χ4v) is 6.04. The third kappa shape index (κ3) is 6.03. The Hall–Kier alpha value is -2.59. The van der Waals surface area contributed by atoms with E-state index in [1.807, 2.05) is 12.1 Å². The molecule has 1 N–H and O–H groups in total. The molecule has 5 rings (SSSR count).